The maximum absolute atomic E-state index is 12.9. The Labute approximate surface area is 171 Å². The van der Waals surface area contributed by atoms with Gasteiger partial charge in [0.2, 0.25) is 5.91 Å². The molecule has 0 saturated carbocycles. The van der Waals surface area contributed by atoms with Gasteiger partial charge < -0.3 is 15.1 Å². The van der Waals surface area contributed by atoms with Gasteiger partial charge in [-0.25, -0.2) is 4.79 Å². The van der Waals surface area contributed by atoms with E-state index in [1.165, 1.54) is 4.90 Å². The summed E-state index contributed by atoms with van der Waals surface area (Å²) in [5, 5.41) is 2.91. The Morgan fingerprint density at radius 3 is 2.54 bits per heavy atom. The molecule has 1 unspecified atom stereocenters. The minimum absolute atomic E-state index is 0.103. The Balaban J connectivity index is 1.56. The number of para-hydroxylation sites is 1. The Hall–Kier alpha value is -2.47. The summed E-state index contributed by atoms with van der Waals surface area (Å²) in [4.78, 5) is 30.2. The molecule has 1 N–H and O–H groups in total. The molecule has 2 aromatic rings. The van der Waals surface area contributed by atoms with Gasteiger partial charge in [0, 0.05) is 37.3 Å². The van der Waals surface area contributed by atoms with Crippen molar-refractivity contribution in [1.29, 1.82) is 0 Å². The van der Waals surface area contributed by atoms with E-state index in [9.17, 15) is 9.59 Å². The molecule has 28 heavy (non-hydrogen) atoms. The predicted octanol–water partition coefficient (Wildman–Crippen LogP) is 4.31. The molecule has 1 aliphatic rings. The van der Waals surface area contributed by atoms with Gasteiger partial charge in [0.15, 0.2) is 0 Å². The normalized spacial score (nSPS) is 16.5. The van der Waals surface area contributed by atoms with Crippen LogP contribution in [0.15, 0.2) is 59.5 Å². The molecule has 1 saturated heterocycles. The molecule has 1 fully saturated rings. The van der Waals surface area contributed by atoms with E-state index in [0.29, 0.717) is 19.6 Å². The van der Waals surface area contributed by atoms with Crippen LogP contribution in [0.1, 0.15) is 18.4 Å². The number of hydrogen-bond donors (Lipinski definition) is 1. The number of carbonyl (C=O) groups is 2. The highest BCUT2D eigenvalue weighted by atomic mass is 32.2. The fourth-order valence-corrected chi connectivity index (χ4v) is 3.89. The molecule has 0 radical (unpaired) electrons. The van der Waals surface area contributed by atoms with Crippen molar-refractivity contribution in [3.63, 3.8) is 0 Å². The zero-order chi connectivity index (χ0) is 19.9. The van der Waals surface area contributed by atoms with Crippen LogP contribution in [0.4, 0.5) is 10.5 Å². The maximum atomic E-state index is 12.9. The summed E-state index contributed by atoms with van der Waals surface area (Å²) in [5.74, 6) is -0.0445. The third-order valence-electron chi connectivity index (χ3n) is 5.04. The molecular formula is C22H27N3O2S. The first kappa shape index (κ1) is 20.3. The summed E-state index contributed by atoms with van der Waals surface area (Å²) in [6, 6.07) is 17.6. The third-order valence-corrected chi connectivity index (χ3v) is 5.78. The minimum atomic E-state index is -0.147. The van der Waals surface area contributed by atoms with Gasteiger partial charge in [-0.3, -0.25) is 4.79 Å². The topological polar surface area (TPSA) is 52.7 Å². The molecular weight excluding hydrogens is 370 g/mol. The van der Waals surface area contributed by atoms with E-state index >= 15 is 0 Å². The fraction of sp³-hybridized carbons (Fsp3) is 0.364. The van der Waals surface area contributed by atoms with Gasteiger partial charge in [-0.05, 0) is 48.9 Å². The number of nitrogens with zero attached hydrogens (tertiary/aromatic N) is 2. The summed E-state index contributed by atoms with van der Waals surface area (Å²) >= 11 is 1.70. The molecule has 148 valence electrons. The van der Waals surface area contributed by atoms with Gasteiger partial charge in [0.05, 0.1) is 5.92 Å². The lowest BCUT2D eigenvalue weighted by Crippen LogP contribution is -2.47. The molecule has 3 rings (SSSR count). The van der Waals surface area contributed by atoms with Crippen molar-refractivity contribution in [2.24, 2.45) is 5.92 Å². The number of carbonyl (C=O) groups excluding carboxylic acids is 2. The van der Waals surface area contributed by atoms with Crippen LogP contribution in [0, 0.1) is 5.92 Å². The summed E-state index contributed by atoms with van der Waals surface area (Å²) in [7, 11) is 1.84. The Morgan fingerprint density at radius 2 is 1.86 bits per heavy atom. The first-order chi connectivity index (χ1) is 13.6. The van der Waals surface area contributed by atoms with Crippen molar-refractivity contribution < 1.29 is 9.59 Å². The van der Waals surface area contributed by atoms with Crippen molar-refractivity contribution in [3.05, 3.63) is 60.2 Å². The van der Waals surface area contributed by atoms with E-state index < -0.39 is 0 Å². The van der Waals surface area contributed by atoms with Gasteiger partial charge in [0.1, 0.15) is 0 Å². The van der Waals surface area contributed by atoms with Gasteiger partial charge >= 0.3 is 6.03 Å². The molecule has 0 bridgehead atoms. The van der Waals surface area contributed by atoms with E-state index in [2.05, 4.69) is 29.6 Å². The fourth-order valence-electron chi connectivity index (χ4n) is 3.48. The third kappa shape index (κ3) is 5.29. The smallest absolute Gasteiger partial charge is 0.321 e. The van der Waals surface area contributed by atoms with E-state index in [0.717, 1.165) is 24.1 Å². The van der Waals surface area contributed by atoms with E-state index in [1.807, 2.05) is 43.6 Å². The SMILES string of the molecule is CSc1ccc(CN(C)C(=O)C2CCCN(C(=O)Nc3ccccc3)C2)cc1. The highest BCUT2D eigenvalue weighted by molar-refractivity contribution is 7.98. The Morgan fingerprint density at radius 1 is 1.14 bits per heavy atom. The molecule has 2 aromatic carbocycles. The summed E-state index contributed by atoms with van der Waals surface area (Å²) in [5.41, 5.74) is 1.88. The van der Waals surface area contributed by atoms with Crippen LogP contribution in [0.5, 0.6) is 0 Å². The van der Waals surface area contributed by atoms with E-state index in [-0.39, 0.29) is 17.9 Å². The maximum Gasteiger partial charge on any atom is 0.321 e. The highest BCUT2D eigenvalue weighted by Crippen LogP contribution is 2.21. The van der Waals surface area contributed by atoms with Gasteiger partial charge in [-0.15, -0.1) is 11.8 Å². The number of thioether (sulfide) groups is 1. The Bertz CT molecular complexity index is 795. The monoisotopic (exact) mass is 397 g/mol. The van der Waals surface area contributed by atoms with Crippen LogP contribution in [-0.2, 0) is 11.3 Å². The lowest BCUT2D eigenvalue weighted by atomic mass is 9.96. The number of amides is 3. The molecule has 5 nitrogen and oxygen atoms in total. The molecule has 1 atom stereocenters. The van der Waals surface area contributed by atoms with Crippen LogP contribution >= 0.6 is 11.8 Å². The average Bonchev–Trinajstić information content (AvgIpc) is 2.74. The largest absolute Gasteiger partial charge is 0.341 e. The number of anilines is 1. The van der Waals surface area contributed by atoms with E-state index in [4.69, 9.17) is 0 Å². The summed E-state index contributed by atoms with van der Waals surface area (Å²) < 4.78 is 0. The van der Waals surface area contributed by atoms with Crippen molar-refractivity contribution in [2.75, 3.05) is 31.7 Å². The van der Waals surface area contributed by atoms with Crippen LogP contribution in [0.25, 0.3) is 0 Å². The number of urea groups is 1. The standard InChI is InChI=1S/C22H27N3O2S/c1-24(15-17-10-12-20(28-2)13-11-17)21(26)18-7-6-14-25(16-18)22(27)23-19-8-4-3-5-9-19/h3-5,8-13,18H,6-7,14-16H2,1-2H3,(H,23,27). The Kier molecular flexibility index (Phi) is 6.98. The van der Waals surface area contributed by atoms with Gasteiger partial charge in [0.25, 0.3) is 0 Å². The average molecular weight is 398 g/mol. The molecule has 1 heterocycles. The zero-order valence-corrected chi connectivity index (χ0v) is 17.2. The van der Waals surface area contributed by atoms with Gasteiger partial charge in [-0.2, -0.15) is 0 Å². The number of nitrogens with one attached hydrogen (secondary N) is 1. The molecule has 0 aromatic heterocycles. The first-order valence-electron chi connectivity index (χ1n) is 9.55. The van der Waals surface area contributed by atoms with Crippen LogP contribution in [-0.4, -0.2) is 48.1 Å². The molecule has 3 amide bonds. The lowest BCUT2D eigenvalue weighted by molar-refractivity contribution is -0.136. The number of likely N-dealkylation sites (tertiary alicyclic amines) is 1. The van der Waals surface area contributed by atoms with Crippen LogP contribution in [0.3, 0.4) is 0 Å². The van der Waals surface area contributed by atoms with Gasteiger partial charge in [-0.1, -0.05) is 30.3 Å². The van der Waals surface area contributed by atoms with Crippen LogP contribution in [0.2, 0.25) is 0 Å². The molecule has 0 spiro atoms. The first-order valence-corrected chi connectivity index (χ1v) is 10.8. The highest BCUT2D eigenvalue weighted by Gasteiger charge is 2.30. The minimum Gasteiger partial charge on any atom is -0.341 e. The zero-order valence-electron chi connectivity index (χ0n) is 16.4. The summed E-state index contributed by atoms with van der Waals surface area (Å²) in [6.07, 6.45) is 3.71. The molecule has 1 aliphatic heterocycles. The second kappa shape index (κ2) is 9.64. The summed E-state index contributed by atoms with van der Waals surface area (Å²) in [6.45, 7) is 1.73. The number of benzene rings is 2. The van der Waals surface area contributed by atoms with Crippen molar-refractivity contribution in [3.8, 4) is 0 Å². The number of piperidine rings is 1. The number of rotatable bonds is 5. The van der Waals surface area contributed by atoms with E-state index in [1.54, 1.807) is 21.6 Å². The lowest BCUT2D eigenvalue weighted by Gasteiger charge is -2.34. The predicted molar refractivity (Wildman–Crippen MR) is 114 cm³/mol. The van der Waals surface area contributed by atoms with Crippen molar-refractivity contribution >= 4 is 29.4 Å². The molecule has 6 heteroatoms. The van der Waals surface area contributed by atoms with Crippen molar-refractivity contribution in [1.82, 2.24) is 9.80 Å². The number of hydrogen-bond acceptors (Lipinski definition) is 3. The quantitative estimate of drug-likeness (QED) is 0.765. The second-order valence-electron chi connectivity index (χ2n) is 7.12. The van der Waals surface area contributed by atoms with Crippen LogP contribution < -0.4 is 5.32 Å². The second-order valence-corrected chi connectivity index (χ2v) is 8.00. The molecule has 0 aliphatic carbocycles. The van der Waals surface area contributed by atoms with Crippen molar-refractivity contribution in [2.45, 2.75) is 24.3 Å².